The van der Waals surface area contributed by atoms with Gasteiger partial charge in [-0.3, -0.25) is 0 Å². The summed E-state index contributed by atoms with van der Waals surface area (Å²) in [6.45, 7) is 0.287. The number of thiazole rings is 1. The van der Waals surface area contributed by atoms with Crippen molar-refractivity contribution in [2.24, 2.45) is 5.73 Å². The molecule has 1 atom stereocenters. The van der Waals surface area contributed by atoms with E-state index in [1.165, 1.54) is 5.56 Å². The Balaban J connectivity index is 1.37. The molecule has 1 fully saturated rings. The molecular formula is C20H18ClN3O2S. The number of anilines is 1. The van der Waals surface area contributed by atoms with Gasteiger partial charge in [-0.05, 0) is 42.2 Å². The Morgan fingerprint density at radius 2 is 1.96 bits per heavy atom. The summed E-state index contributed by atoms with van der Waals surface area (Å²) in [6, 6.07) is 13.5. The molecule has 0 bridgehead atoms. The van der Waals surface area contributed by atoms with Crippen molar-refractivity contribution in [1.29, 1.82) is 0 Å². The summed E-state index contributed by atoms with van der Waals surface area (Å²) in [5.74, 6) is 1.61. The average Bonchev–Trinajstić information content (AvgIpc) is 3.09. The van der Waals surface area contributed by atoms with Crippen LogP contribution in [0.4, 0.5) is 5.13 Å². The van der Waals surface area contributed by atoms with Gasteiger partial charge in [0.2, 0.25) is 6.79 Å². The SMILES string of the molecule is NC(c1cnc(NC2(c3ccc4c(c3)OCO4)CC2)s1)c1ccccc1Cl. The largest absolute Gasteiger partial charge is 0.454 e. The lowest BCUT2D eigenvalue weighted by atomic mass is 10.0. The van der Waals surface area contributed by atoms with E-state index in [1.54, 1.807) is 11.3 Å². The van der Waals surface area contributed by atoms with Crippen molar-refractivity contribution in [1.82, 2.24) is 4.98 Å². The van der Waals surface area contributed by atoms with E-state index in [4.69, 9.17) is 26.8 Å². The van der Waals surface area contributed by atoms with Crippen LogP contribution in [0.2, 0.25) is 5.02 Å². The summed E-state index contributed by atoms with van der Waals surface area (Å²) in [5.41, 5.74) is 8.42. The molecule has 0 spiro atoms. The Morgan fingerprint density at radius 3 is 2.78 bits per heavy atom. The number of nitrogens with one attached hydrogen (secondary N) is 1. The zero-order chi connectivity index (χ0) is 18.4. The summed E-state index contributed by atoms with van der Waals surface area (Å²) >= 11 is 7.85. The highest BCUT2D eigenvalue weighted by Crippen LogP contribution is 2.51. The maximum Gasteiger partial charge on any atom is 0.231 e. The first kappa shape index (κ1) is 16.9. The molecule has 0 saturated heterocycles. The molecule has 138 valence electrons. The number of nitrogens with zero attached hydrogens (tertiary/aromatic N) is 1. The van der Waals surface area contributed by atoms with Crippen molar-refractivity contribution in [3.05, 3.63) is 69.7 Å². The van der Waals surface area contributed by atoms with E-state index in [0.29, 0.717) is 5.02 Å². The molecule has 5 rings (SSSR count). The molecule has 27 heavy (non-hydrogen) atoms. The highest BCUT2D eigenvalue weighted by atomic mass is 35.5. The number of halogens is 1. The number of aromatic nitrogens is 1. The van der Waals surface area contributed by atoms with Crippen LogP contribution in [0.5, 0.6) is 11.5 Å². The zero-order valence-corrected chi connectivity index (χ0v) is 16.0. The molecule has 2 aliphatic rings. The summed E-state index contributed by atoms with van der Waals surface area (Å²) < 4.78 is 10.9. The molecule has 1 aliphatic carbocycles. The van der Waals surface area contributed by atoms with Crippen molar-refractivity contribution in [3.63, 3.8) is 0 Å². The second-order valence-electron chi connectivity index (χ2n) is 6.84. The number of ether oxygens (including phenoxy) is 2. The van der Waals surface area contributed by atoms with Crippen molar-refractivity contribution < 1.29 is 9.47 Å². The van der Waals surface area contributed by atoms with Crippen LogP contribution in [0.1, 0.15) is 34.9 Å². The molecule has 0 radical (unpaired) electrons. The van der Waals surface area contributed by atoms with Gasteiger partial charge in [-0.15, -0.1) is 11.3 Å². The Morgan fingerprint density at radius 1 is 1.15 bits per heavy atom. The normalized spacial score (nSPS) is 17.6. The van der Waals surface area contributed by atoms with Gasteiger partial charge in [-0.2, -0.15) is 0 Å². The molecular weight excluding hydrogens is 382 g/mol. The van der Waals surface area contributed by atoms with Gasteiger partial charge in [0, 0.05) is 16.1 Å². The molecule has 0 amide bonds. The highest BCUT2D eigenvalue weighted by Gasteiger charge is 2.45. The monoisotopic (exact) mass is 399 g/mol. The van der Waals surface area contributed by atoms with Crippen LogP contribution >= 0.6 is 22.9 Å². The lowest BCUT2D eigenvalue weighted by Crippen LogP contribution is -2.18. The Bertz CT molecular complexity index is 1000. The minimum Gasteiger partial charge on any atom is -0.454 e. The maximum atomic E-state index is 6.41. The smallest absolute Gasteiger partial charge is 0.231 e. The fourth-order valence-electron chi connectivity index (χ4n) is 3.38. The Kier molecular flexibility index (Phi) is 4.00. The van der Waals surface area contributed by atoms with Crippen LogP contribution in [0.3, 0.4) is 0 Å². The van der Waals surface area contributed by atoms with Crippen LogP contribution < -0.4 is 20.5 Å². The Hall–Kier alpha value is -2.28. The third-order valence-corrected chi connectivity index (χ3v) is 6.43. The number of benzene rings is 2. The first-order valence-corrected chi connectivity index (χ1v) is 9.98. The zero-order valence-electron chi connectivity index (χ0n) is 14.4. The van der Waals surface area contributed by atoms with Gasteiger partial charge in [0.25, 0.3) is 0 Å². The van der Waals surface area contributed by atoms with Crippen LogP contribution in [0, 0.1) is 0 Å². The summed E-state index contributed by atoms with van der Waals surface area (Å²) in [4.78, 5) is 5.52. The van der Waals surface area contributed by atoms with Crippen LogP contribution in [-0.4, -0.2) is 11.8 Å². The van der Waals surface area contributed by atoms with E-state index < -0.39 is 0 Å². The summed E-state index contributed by atoms with van der Waals surface area (Å²) in [6.07, 6.45) is 3.94. The minimum atomic E-state index is -0.285. The van der Waals surface area contributed by atoms with Crippen LogP contribution in [-0.2, 0) is 5.54 Å². The first-order chi connectivity index (χ1) is 13.1. The van der Waals surface area contributed by atoms with Gasteiger partial charge < -0.3 is 20.5 Å². The third-order valence-electron chi connectivity index (χ3n) is 5.09. The standard InChI is InChI=1S/C20H18ClN3O2S/c21-14-4-2-1-3-13(14)18(22)17-10-23-19(27-17)24-20(7-8-20)12-5-6-15-16(9-12)26-11-25-15/h1-6,9-10,18H,7-8,11,22H2,(H,23,24). The number of nitrogens with two attached hydrogens (primary N) is 1. The molecule has 2 heterocycles. The average molecular weight is 400 g/mol. The van der Waals surface area contributed by atoms with E-state index in [1.807, 2.05) is 36.5 Å². The van der Waals surface area contributed by atoms with Gasteiger partial charge in [-0.25, -0.2) is 4.98 Å². The van der Waals surface area contributed by atoms with Crippen molar-refractivity contribution in [2.75, 3.05) is 12.1 Å². The van der Waals surface area contributed by atoms with Crippen LogP contribution in [0.15, 0.2) is 48.7 Å². The number of fused-ring (bicyclic) bond motifs is 1. The van der Waals surface area contributed by atoms with Gasteiger partial charge in [0.05, 0.1) is 11.6 Å². The van der Waals surface area contributed by atoms with Gasteiger partial charge in [0.1, 0.15) is 0 Å². The molecule has 1 aliphatic heterocycles. The number of rotatable bonds is 5. The maximum absolute atomic E-state index is 6.41. The molecule has 3 N–H and O–H groups in total. The van der Waals surface area contributed by atoms with Crippen molar-refractivity contribution in [3.8, 4) is 11.5 Å². The predicted molar refractivity (Wildman–Crippen MR) is 107 cm³/mol. The summed E-state index contributed by atoms with van der Waals surface area (Å²) in [5, 5.41) is 5.14. The van der Waals surface area contributed by atoms with E-state index in [9.17, 15) is 0 Å². The third kappa shape index (κ3) is 3.04. The lowest BCUT2D eigenvalue weighted by Gasteiger charge is -2.17. The fraction of sp³-hybridized carbons (Fsp3) is 0.250. The van der Waals surface area contributed by atoms with Crippen molar-refractivity contribution >= 4 is 28.1 Å². The molecule has 1 saturated carbocycles. The Labute approximate surface area is 166 Å². The lowest BCUT2D eigenvalue weighted by molar-refractivity contribution is 0.174. The van der Waals surface area contributed by atoms with Gasteiger partial charge >= 0.3 is 0 Å². The number of hydrogen-bond acceptors (Lipinski definition) is 6. The second kappa shape index (κ2) is 6.41. The fourth-order valence-corrected chi connectivity index (χ4v) is 4.57. The van der Waals surface area contributed by atoms with E-state index in [-0.39, 0.29) is 18.4 Å². The minimum absolute atomic E-state index is 0.0927. The first-order valence-electron chi connectivity index (χ1n) is 8.79. The quantitative estimate of drug-likeness (QED) is 0.652. The summed E-state index contributed by atoms with van der Waals surface area (Å²) in [7, 11) is 0. The van der Waals surface area contributed by atoms with Gasteiger partial charge in [0.15, 0.2) is 16.6 Å². The van der Waals surface area contributed by atoms with E-state index in [0.717, 1.165) is 39.9 Å². The highest BCUT2D eigenvalue weighted by molar-refractivity contribution is 7.15. The molecule has 1 aromatic heterocycles. The topological polar surface area (TPSA) is 69.4 Å². The van der Waals surface area contributed by atoms with Gasteiger partial charge in [-0.1, -0.05) is 35.9 Å². The number of hydrogen-bond donors (Lipinski definition) is 2. The van der Waals surface area contributed by atoms with Crippen LogP contribution in [0.25, 0.3) is 0 Å². The molecule has 1 unspecified atom stereocenters. The van der Waals surface area contributed by atoms with E-state index in [2.05, 4.69) is 22.4 Å². The predicted octanol–water partition coefficient (Wildman–Crippen LogP) is 4.67. The molecule has 2 aromatic carbocycles. The molecule has 5 nitrogen and oxygen atoms in total. The molecule has 3 aromatic rings. The second-order valence-corrected chi connectivity index (χ2v) is 8.31. The van der Waals surface area contributed by atoms with Crippen molar-refractivity contribution in [2.45, 2.75) is 24.4 Å². The van der Waals surface area contributed by atoms with E-state index >= 15 is 0 Å². The molecule has 7 heteroatoms.